The molecule has 3 heterocycles. The van der Waals surface area contributed by atoms with Gasteiger partial charge in [-0.15, -0.1) is 0 Å². The van der Waals surface area contributed by atoms with Crippen LogP contribution in [0, 0.1) is 0 Å². The van der Waals surface area contributed by atoms with Crippen molar-refractivity contribution in [3.05, 3.63) is 35.9 Å². The predicted octanol–water partition coefficient (Wildman–Crippen LogP) is 1.03. The fraction of sp³-hybridized carbons (Fsp3) is 0.600. The van der Waals surface area contributed by atoms with Crippen molar-refractivity contribution in [2.75, 3.05) is 45.9 Å². The first kappa shape index (κ1) is 18.3. The fourth-order valence-electron chi connectivity index (χ4n) is 4.10. The van der Waals surface area contributed by atoms with Gasteiger partial charge >= 0.3 is 6.09 Å². The molecule has 3 aliphatic rings. The van der Waals surface area contributed by atoms with E-state index in [1.807, 2.05) is 23.1 Å². The van der Waals surface area contributed by atoms with Gasteiger partial charge in [-0.2, -0.15) is 0 Å². The highest BCUT2D eigenvalue weighted by Crippen LogP contribution is 2.33. The Kier molecular flexibility index (Phi) is 5.31. The molecule has 4 rings (SSSR count). The smallest absolute Gasteiger partial charge is 0.410 e. The molecule has 27 heavy (non-hydrogen) atoms. The summed E-state index contributed by atoms with van der Waals surface area (Å²) in [6.45, 7) is 4.43. The van der Waals surface area contributed by atoms with Crippen LogP contribution in [0.5, 0.6) is 0 Å². The normalized spacial score (nSPS) is 24.9. The second-order valence-electron chi connectivity index (χ2n) is 7.60. The topological polar surface area (TPSA) is 71.1 Å². The summed E-state index contributed by atoms with van der Waals surface area (Å²) in [5.74, 6) is 0.0438. The van der Waals surface area contributed by atoms with Crippen molar-refractivity contribution in [1.82, 2.24) is 15.1 Å². The Morgan fingerprint density at radius 2 is 2.00 bits per heavy atom. The first-order chi connectivity index (χ1) is 13.2. The number of nitrogens with zero attached hydrogens (tertiary/aromatic N) is 2. The lowest BCUT2D eigenvalue weighted by atomic mass is 9.91. The lowest BCUT2D eigenvalue weighted by Crippen LogP contribution is -2.54. The molecule has 3 saturated heterocycles. The molecule has 3 fully saturated rings. The number of carbonyl (C=O) groups is 2. The lowest BCUT2D eigenvalue weighted by Gasteiger charge is -2.39. The van der Waals surface area contributed by atoms with Crippen LogP contribution in [0.1, 0.15) is 18.4 Å². The van der Waals surface area contributed by atoms with E-state index in [1.165, 1.54) is 5.56 Å². The molecule has 0 aromatic heterocycles. The maximum Gasteiger partial charge on any atom is 0.410 e. The largest absolute Gasteiger partial charge is 0.441 e. The van der Waals surface area contributed by atoms with Gasteiger partial charge in [-0.3, -0.25) is 4.79 Å². The van der Waals surface area contributed by atoms with Gasteiger partial charge in [0.25, 0.3) is 5.91 Å². The van der Waals surface area contributed by atoms with E-state index in [-0.39, 0.29) is 18.1 Å². The average Bonchev–Trinajstić information content (AvgIpc) is 3.03. The third-order valence-electron chi connectivity index (χ3n) is 5.74. The van der Waals surface area contributed by atoms with Gasteiger partial charge in [0, 0.05) is 45.6 Å². The van der Waals surface area contributed by atoms with Crippen molar-refractivity contribution in [1.29, 1.82) is 0 Å². The van der Waals surface area contributed by atoms with Gasteiger partial charge in [0.05, 0.1) is 13.2 Å². The van der Waals surface area contributed by atoms with Crippen molar-refractivity contribution in [3.63, 3.8) is 0 Å². The highest BCUT2D eigenvalue weighted by molar-refractivity contribution is 5.81. The van der Waals surface area contributed by atoms with E-state index >= 15 is 0 Å². The molecule has 3 aliphatic heterocycles. The van der Waals surface area contributed by atoms with Gasteiger partial charge in [-0.1, -0.05) is 30.3 Å². The van der Waals surface area contributed by atoms with E-state index < -0.39 is 5.60 Å². The Hall–Kier alpha value is -2.12. The number of amides is 2. The number of rotatable bonds is 4. The molecule has 146 valence electrons. The zero-order valence-corrected chi connectivity index (χ0v) is 15.6. The SMILES string of the molecule is O=C1OC2(CCN(C(=O)C3CNCCO3)CC2)CN1CCc1ccccc1. The summed E-state index contributed by atoms with van der Waals surface area (Å²) < 4.78 is 11.3. The monoisotopic (exact) mass is 373 g/mol. The van der Waals surface area contributed by atoms with Gasteiger partial charge in [-0.05, 0) is 12.0 Å². The summed E-state index contributed by atoms with van der Waals surface area (Å²) in [7, 11) is 0. The third kappa shape index (κ3) is 4.09. The first-order valence-corrected chi connectivity index (χ1v) is 9.78. The zero-order chi connectivity index (χ0) is 18.7. The minimum atomic E-state index is -0.448. The van der Waals surface area contributed by atoms with E-state index in [0.29, 0.717) is 52.2 Å². The van der Waals surface area contributed by atoms with Crippen LogP contribution in [0.25, 0.3) is 0 Å². The average molecular weight is 373 g/mol. The number of hydrogen-bond donors (Lipinski definition) is 1. The number of carbonyl (C=O) groups excluding carboxylic acids is 2. The molecule has 7 heteroatoms. The van der Waals surface area contributed by atoms with Crippen LogP contribution < -0.4 is 5.32 Å². The van der Waals surface area contributed by atoms with Gasteiger partial charge in [0.2, 0.25) is 0 Å². The highest BCUT2D eigenvalue weighted by atomic mass is 16.6. The second kappa shape index (κ2) is 7.86. The Labute approximate surface area is 159 Å². The molecular weight excluding hydrogens is 346 g/mol. The summed E-state index contributed by atoms with van der Waals surface area (Å²) in [4.78, 5) is 28.6. The number of morpholine rings is 1. The molecule has 1 spiro atoms. The van der Waals surface area contributed by atoms with Crippen molar-refractivity contribution >= 4 is 12.0 Å². The molecule has 1 N–H and O–H groups in total. The molecule has 0 bridgehead atoms. The van der Waals surface area contributed by atoms with E-state index in [4.69, 9.17) is 9.47 Å². The van der Waals surface area contributed by atoms with Crippen molar-refractivity contribution < 1.29 is 19.1 Å². The highest BCUT2D eigenvalue weighted by Gasteiger charge is 2.47. The maximum absolute atomic E-state index is 12.6. The first-order valence-electron chi connectivity index (χ1n) is 9.78. The van der Waals surface area contributed by atoms with Crippen molar-refractivity contribution in [2.24, 2.45) is 0 Å². The van der Waals surface area contributed by atoms with Crippen LogP contribution in [-0.4, -0.2) is 79.4 Å². The summed E-state index contributed by atoms with van der Waals surface area (Å²) in [5.41, 5.74) is 0.767. The van der Waals surface area contributed by atoms with Crippen molar-refractivity contribution in [3.8, 4) is 0 Å². The number of likely N-dealkylation sites (tertiary alicyclic amines) is 1. The van der Waals surface area contributed by atoms with Crippen LogP contribution in [0.4, 0.5) is 4.79 Å². The second-order valence-corrected chi connectivity index (χ2v) is 7.60. The van der Waals surface area contributed by atoms with E-state index in [9.17, 15) is 9.59 Å². The predicted molar refractivity (Wildman–Crippen MR) is 99.4 cm³/mol. The number of ether oxygens (including phenoxy) is 2. The molecule has 0 radical (unpaired) electrons. The van der Waals surface area contributed by atoms with Crippen molar-refractivity contribution in [2.45, 2.75) is 31.0 Å². The maximum atomic E-state index is 12.6. The minimum absolute atomic E-state index is 0.0438. The minimum Gasteiger partial charge on any atom is -0.441 e. The molecule has 0 saturated carbocycles. The van der Waals surface area contributed by atoms with Crippen LogP contribution in [0.3, 0.4) is 0 Å². The molecule has 1 atom stereocenters. The van der Waals surface area contributed by atoms with E-state index in [2.05, 4.69) is 17.4 Å². The molecule has 1 aromatic rings. The number of benzene rings is 1. The third-order valence-corrected chi connectivity index (χ3v) is 5.74. The summed E-state index contributed by atoms with van der Waals surface area (Å²) in [5, 5.41) is 3.19. The summed E-state index contributed by atoms with van der Waals surface area (Å²) in [6, 6.07) is 10.2. The Balaban J connectivity index is 1.29. The molecule has 2 amide bonds. The van der Waals surface area contributed by atoms with Crippen LogP contribution in [-0.2, 0) is 20.7 Å². The van der Waals surface area contributed by atoms with Gasteiger partial charge < -0.3 is 24.6 Å². The van der Waals surface area contributed by atoms with E-state index in [1.54, 1.807) is 4.90 Å². The molecule has 1 aromatic carbocycles. The number of nitrogens with one attached hydrogen (secondary N) is 1. The van der Waals surface area contributed by atoms with Crippen LogP contribution in [0.15, 0.2) is 30.3 Å². The molecule has 0 aliphatic carbocycles. The summed E-state index contributed by atoms with van der Waals surface area (Å²) >= 11 is 0. The quantitative estimate of drug-likeness (QED) is 0.854. The summed E-state index contributed by atoms with van der Waals surface area (Å²) in [6.07, 6.45) is 1.58. The van der Waals surface area contributed by atoms with Crippen LogP contribution >= 0.6 is 0 Å². The Morgan fingerprint density at radius 3 is 2.70 bits per heavy atom. The van der Waals surface area contributed by atoms with E-state index in [0.717, 1.165) is 13.0 Å². The fourth-order valence-corrected chi connectivity index (χ4v) is 4.10. The van der Waals surface area contributed by atoms with Gasteiger partial charge in [-0.25, -0.2) is 4.79 Å². The molecular formula is C20H27N3O4. The zero-order valence-electron chi connectivity index (χ0n) is 15.6. The number of hydrogen-bond acceptors (Lipinski definition) is 5. The Morgan fingerprint density at radius 1 is 1.22 bits per heavy atom. The molecule has 7 nitrogen and oxygen atoms in total. The Bertz CT molecular complexity index is 667. The van der Waals surface area contributed by atoms with Crippen LogP contribution in [0.2, 0.25) is 0 Å². The lowest BCUT2D eigenvalue weighted by molar-refractivity contribution is -0.148. The van der Waals surface area contributed by atoms with Gasteiger partial charge in [0.15, 0.2) is 0 Å². The standard InChI is InChI=1S/C20H27N3O4/c24-18(17-14-21-9-13-26-17)22-11-7-20(8-12-22)15-23(19(25)27-20)10-6-16-4-2-1-3-5-16/h1-5,17,21H,6-15H2. The number of piperidine rings is 1. The van der Waals surface area contributed by atoms with Gasteiger partial charge in [0.1, 0.15) is 11.7 Å². The molecule has 1 unspecified atom stereocenters.